The molecule has 1 aliphatic heterocycles. The molecule has 0 radical (unpaired) electrons. The number of nitrogens with one attached hydrogen (secondary N) is 1. The third kappa shape index (κ3) is 2.40. The molecule has 1 atom stereocenters. The predicted octanol–water partition coefficient (Wildman–Crippen LogP) is 3.20. The zero-order valence-corrected chi connectivity index (χ0v) is 14.2. The van der Waals surface area contributed by atoms with Gasteiger partial charge in [-0.2, -0.15) is 5.10 Å². The van der Waals surface area contributed by atoms with Crippen LogP contribution in [0, 0.1) is 6.92 Å². The van der Waals surface area contributed by atoms with E-state index in [2.05, 4.69) is 35.5 Å². The lowest BCUT2D eigenvalue weighted by molar-refractivity contribution is -0.121. The molecule has 0 unspecified atom stereocenters. The van der Waals surface area contributed by atoms with E-state index in [9.17, 15) is 4.79 Å². The molecule has 0 bridgehead atoms. The number of hydrogen-bond acceptors (Lipinski definition) is 3. The van der Waals surface area contributed by atoms with Crippen LogP contribution < -0.4 is 5.32 Å². The number of carbonyl (C=O) groups excluding carboxylic acids is 1. The van der Waals surface area contributed by atoms with Crippen LogP contribution in [0.25, 0.3) is 16.5 Å². The minimum Gasteiger partial charge on any atom is -0.488 e. The van der Waals surface area contributed by atoms with E-state index < -0.39 is 0 Å². The first-order valence-electron chi connectivity index (χ1n) is 8.36. The van der Waals surface area contributed by atoms with Crippen LogP contribution in [-0.4, -0.2) is 21.8 Å². The van der Waals surface area contributed by atoms with E-state index in [1.807, 2.05) is 24.9 Å². The number of allylic oxidation sites excluding steroid dienone is 3. The van der Waals surface area contributed by atoms with Crippen molar-refractivity contribution in [2.75, 3.05) is 0 Å². The summed E-state index contributed by atoms with van der Waals surface area (Å²) in [6.07, 6.45) is 6.08. The lowest BCUT2D eigenvalue weighted by atomic mass is 9.92. The molecule has 1 N–H and O–H groups in total. The summed E-state index contributed by atoms with van der Waals surface area (Å²) in [6, 6.07) is 4.33. The maximum absolute atomic E-state index is 12.0. The summed E-state index contributed by atoms with van der Waals surface area (Å²) >= 11 is 0. The fourth-order valence-corrected chi connectivity index (χ4v) is 3.53. The number of fused-ring (bicyclic) bond motifs is 1. The van der Waals surface area contributed by atoms with Crippen molar-refractivity contribution in [3.63, 3.8) is 0 Å². The van der Waals surface area contributed by atoms with E-state index in [4.69, 9.17) is 4.74 Å². The van der Waals surface area contributed by atoms with Crippen molar-refractivity contribution < 1.29 is 9.53 Å². The van der Waals surface area contributed by atoms with Crippen LogP contribution in [0.4, 0.5) is 0 Å². The van der Waals surface area contributed by atoms with Gasteiger partial charge in [-0.15, -0.1) is 0 Å². The monoisotopic (exact) mass is 323 g/mol. The second-order valence-electron chi connectivity index (χ2n) is 6.64. The van der Waals surface area contributed by atoms with Gasteiger partial charge in [-0.05, 0) is 49.9 Å². The van der Waals surface area contributed by atoms with E-state index in [-0.39, 0.29) is 12.0 Å². The van der Waals surface area contributed by atoms with E-state index in [1.54, 1.807) is 0 Å². The van der Waals surface area contributed by atoms with Crippen LogP contribution in [0.3, 0.4) is 0 Å². The van der Waals surface area contributed by atoms with Crippen LogP contribution in [0.2, 0.25) is 0 Å². The molecule has 0 saturated heterocycles. The standard InChI is InChI=1S/C19H21N3O2/c1-11-7-17-13(10-20-22(17)3)9-15(11)14-5-4-6-16-19(14)24-12(2)8-18(23)21-16/h5,7,9-10,12H,4,6,8H2,1-3H3,(H,21,23)/t12-/m1/s1. The minimum atomic E-state index is -0.124. The number of ether oxygens (including phenoxy) is 1. The van der Waals surface area contributed by atoms with Gasteiger partial charge in [0.2, 0.25) is 5.91 Å². The average molecular weight is 323 g/mol. The molecule has 1 aliphatic carbocycles. The average Bonchev–Trinajstić information content (AvgIpc) is 2.80. The Hall–Kier alpha value is -2.56. The highest BCUT2D eigenvalue weighted by atomic mass is 16.5. The van der Waals surface area contributed by atoms with E-state index in [0.717, 1.165) is 46.3 Å². The molecule has 0 fully saturated rings. The molecule has 5 nitrogen and oxygen atoms in total. The molecule has 1 amide bonds. The summed E-state index contributed by atoms with van der Waals surface area (Å²) in [4.78, 5) is 12.0. The molecule has 1 aromatic heterocycles. The Balaban J connectivity index is 1.85. The molecular weight excluding hydrogens is 302 g/mol. The number of rotatable bonds is 1. The summed E-state index contributed by atoms with van der Waals surface area (Å²) in [5, 5.41) is 8.48. The van der Waals surface area contributed by atoms with E-state index in [1.165, 1.54) is 5.56 Å². The molecule has 24 heavy (non-hydrogen) atoms. The molecule has 4 rings (SSSR count). The van der Waals surface area contributed by atoms with Crippen molar-refractivity contribution in [3.8, 4) is 0 Å². The van der Waals surface area contributed by atoms with Crippen LogP contribution >= 0.6 is 0 Å². The van der Waals surface area contributed by atoms with Gasteiger partial charge in [0, 0.05) is 18.0 Å². The van der Waals surface area contributed by atoms with Gasteiger partial charge in [-0.1, -0.05) is 6.08 Å². The number of aromatic nitrogens is 2. The number of hydrogen-bond donors (Lipinski definition) is 1. The van der Waals surface area contributed by atoms with Crippen molar-refractivity contribution in [3.05, 3.63) is 47.0 Å². The molecule has 5 heteroatoms. The van der Waals surface area contributed by atoms with Gasteiger partial charge in [0.25, 0.3) is 0 Å². The van der Waals surface area contributed by atoms with Gasteiger partial charge < -0.3 is 10.1 Å². The first kappa shape index (κ1) is 15.0. The molecule has 1 aromatic carbocycles. The van der Waals surface area contributed by atoms with Crippen LogP contribution in [-0.2, 0) is 16.6 Å². The van der Waals surface area contributed by atoms with Gasteiger partial charge in [-0.25, -0.2) is 0 Å². The normalized spacial score (nSPS) is 21.0. The van der Waals surface area contributed by atoms with Crippen molar-refractivity contribution in [1.82, 2.24) is 15.1 Å². The lowest BCUT2D eigenvalue weighted by Crippen LogP contribution is -2.23. The van der Waals surface area contributed by atoms with Gasteiger partial charge in [-0.3, -0.25) is 9.48 Å². The zero-order valence-electron chi connectivity index (χ0n) is 14.2. The fourth-order valence-electron chi connectivity index (χ4n) is 3.53. The highest BCUT2D eigenvalue weighted by molar-refractivity contribution is 5.90. The second kappa shape index (κ2) is 5.51. The van der Waals surface area contributed by atoms with Crippen LogP contribution in [0.1, 0.15) is 37.3 Å². The fraction of sp³-hybridized carbons (Fsp3) is 0.368. The van der Waals surface area contributed by atoms with Gasteiger partial charge in [0.1, 0.15) is 11.9 Å². The zero-order chi connectivity index (χ0) is 16.8. The first-order chi connectivity index (χ1) is 11.5. The van der Waals surface area contributed by atoms with Gasteiger partial charge in [0.15, 0.2) is 0 Å². The summed E-state index contributed by atoms with van der Waals surface area (Å²) in [5.74, 6) is 0.860. The third-order valence-corrected chi connectivity index (χ3v) is 4.73. The molecule has 0 spiro atoms. The van der Waals surface area contributed by atoms with Crippen molar-refractivity contribution in [1.29, 1.82) is 0 Å². The van der Waals surface area contributed by atoms with Crippen molar-refractivity contribution in [2.24, 2.45) is 7.05 Å². The second-order valence-corrected chi connectivity index (χ2v) is 6.64. The number of carbonyl (C=O) groups is 1. The van der Waals surface area contributed by atoms with Gasteiger partial charge >= 0.3 is 0 Å². The maximum Gasteiger partial charge on any atom is 0.227 e. The Labute approximate surface area is 141 Å². The minimum absolute atomic E-state index is 0.0354. The van der Waals surface area contributed by atoms with Crippen molar-refractivity contribution in [2.45, 2.75) is 39.2 Å². The quantitative estimate of drug-likeness (QED) is 0.877. The maximum atomic E-state index is 12.0. The Morgan fingerprint density at radius 2 is 2.21 bits per heavy atom. The molecular formula is C19H21N3O2. The summed E-state index contributed by atoms with van der Waals surface area (Å²) in [5.41, 5.74) is 5.43. The highest BCUT2D eigenvalue weighted by Gasteiger charge is 2.27. The summed E-state index contributed by atoms with van der Waals surface area (Å²) in [7, 11) is 1.95. The van der Waals surface area contributed by atoms with Crippen LogP contribution in [0.5, 0.6) is 0 Å². The number of nitrogens with zero attached hydrogens (tertiary/aromatic N) is 2. The Bertz CT molecular complexity index is 905. The predicted molar refractivity (Wildman–Crippen MR) is 93.0 cm³/mol. The lowest BCUT2D eigenvalue weighted by Gasteiger charge is -2.23. The summed E-state index contributed by atoms with van der Waals surface area (Å²) < 4.78 is 8.02. The first-order valence-corrected chi connectivity index (χ1v) is 8.36. The topological polar surface area (TPSA) is 56.2 Å². The molecule has 0 saturated carbocycles. The SMILES string of the molecule is Cc1cc2c(cnn2C)cc1C1=CCCC2=C1O[C@H](C)CC(=O)N2. The number of benzene rings is 1. The number of amides is 1. The van der Waals surface area contributed by atoms with Crippen LogP contribution in [0.15, 0.2) is 35.9 Å². The van der Waals surface area contributed by atoms with Gasteiger partial charge in [0.05, 0.1) is 23.8 Å². The Morgan fingerprint density at radius 3 is 3.04 bits per heavy atom. The van der Waals surface area contributed by atoms with E-state index in [0.29, 0.717) is 6.42 Å². The highest BCUT2D eigenvalue weighted by Crippen LogP contribution is 2.37. The summed E-state index contributed by atoms with van der Waals surface area (Å²) in [6.45, 7) is 4.05. The Morgan fingerprint density at radius 1 is 1.38 bits per heavy atom. The molecule has 2 aromatic rings. The molecule has 2 aliphatic rings. The smallest absolute Gasteiger partial charge is 0.227 e. The third-order valence-electron chi connectivity index (χ3n) is 4.73. The molecule has 124 valence electrons. The number of aryl methyl sites for hydroxylation is 2. The van der Waals surface area contributed by atoms with Crippen molar-refractivity contribution >= 4 is 22.4 Å². The molecule has 2 heterocycles. The Kier molecular flexibility index (Phi) is 3.44. The largest absolute Gasteiger partial charge is 0.488 e. The van der Waals surface area contributed by atoms with E-state index >= 15 is 0 Å².